The third kappa shape index (κ3) is 2.81. The average molecular weight is 333 g/mol. The van der Waals surface area contributed by atoms with Gasteiger partial charge in [-0.25, -0.2) is 8.42 Å². The van der Waals surface area contributed by atoms with Gasteiger partial charge >= 0.3 is 11.7 Å². The number of rotatable bonds is 3. The van der Waals surface area contributed by atoms with Crippen LogP contribution in [0.5, 0.6) is 0 Å². The van der Waals surface area contributed by atoms with Gasteiger partial charge in [0.25, 0.3) is 9.84 Å². The molecule has 0 bridgehead atoms. The molecule has 0 aromatic heterocycles. The van der Waals surface area contributed by atoms with E-state index in [1.165, 1.54) is 0 Å². The van der Waals surface area contributed by atoms with Gasteiger partial charge in [-0.15, -0.1) is 0 Å². The lowest BCUT2D eigenvalue weighted by molar-refractivity contribution is -0.151. The first-order chi connectivity index (χ1) is 9.39. The fraction of sp³-hybridized carbons (Fsp3) is 0.455. The predicted molar refractivity (Wildman–Crippen MR) is 61.3 cm³/mol. The summed E-state index contributed by atoms with van der Waals surface area (Å²) < 4.78 is 97.2. The minimum absolute atomic E-state index is 0.0917. The molecule has 0 heterocycles. The molecule has 1 aromatic rings. The molecule has 0 aliphatic heterocycles. The molecule has 10 heteroatoms. The van der Waals surface area contributed by atoms with E-state index in [0.29, 0.717) is 12.1 Å². The van der Waals surface area contributed by atoms with Gasteiger partial charge in [0, 0.05) is 5.69 Å². The first-order valence-electron chi connectivity index (χ1n) is 5.65. The van der Waals surface area contributed by atoms with Crippen LogP contribution in [-0.4, -0.2) is 25.6 Å². The zero-order valence-corrected chi connectivity index (χ0v) is 11.0. The Bertz CT molecular complexity index is 628. The largest absolute Gasteiger partial charge is 0.501 e. The smallest absolute Gasteiger partial charge is 0.372 e. The molecule has 0 amide bonds. The van der Waals surface area contributed by atoms with Crippen LogP contribution in [0.2, 0.25) is 0 Å². The van der Waals surface area contributed by atoms with Gasteiger partial charge < -0.3 is 5.32 Å². The summed E-state index contributed by atoms with van der Waals surface area (Å²) in [5.41, 5.74) is -7.62. The summed E-state index contributed by atoms with van der Waals surface area (Å²) in [6.07, 6.45) is -4.76. The number of hydrogen-bond donors (Lipinski definition) is 1. The molecule has 0 spiro atoms. The van der Waals surface area contributed by atoms with E-state index in [9.17, 15) is 34.8 Å². The molecular formula is C11H9F6NO2S. The molecule has 1 aliphatic carbocycles. The first-order valence-corrected chi connectivity index (χ1v) is 7.14. The lowest BCUT2D eigenvalue weighted by Crippen LogP contribution is -2.38. The number of anilines is 1. The van der Waals surface area contributed by atoms with Crippen LogP contribution in [0, 0.1) is 0 Å². The zero-order chi connectivity index (χ0) is 16.1. The molecule has 118 valence electrons. The van der Waals surface area contributed by atoms with Crippen molar-refractivity contribution in [1.29, 1.82) is 0 Å². The Balaban J connectivity index is 2.22. The second-order valence-electron chi connectivity index (χ2n) is 4.68. The number of sulfone groups is 1. The van der Waals surface area contributed by atoms with Gasteiger partial charge in [0.05, 0.1) is 4.90 Å². The van der Waals surface area contributed by atoms with Crippen molar-refractivity contribution < 1.29 is 34.8 Å². The summed E-state index contributed by atoms with van der Waals surface area (Å²) in [4.78, 5) is -1.02. The minimum Gasteiger partial charge on any atom is -0.372 e. The van der Waals surface area contributed by atoms with Crippen molar-refractivity contribution in [2.45, 2.75) is 35.0 Å². The van der Waals surface area contributed by atoms with Gasteiger partial charge in [-0.1, -0.05) is 0 Å². The highest BCUT2D eigenvalue weighted by Crippen LogP contribution is 2.51. The Morgan fingerprint density at radius 2 is 1.43 bits per heavy atom. The normalized spacial score (nSPS) is 18.4. The Morgan fingerprint density at radius 1 is 0.952 bits per heavy atom. The monoisotopic (exact) mass is 333 g/mol. The van der Waals surface area contributed by atoms with Crippen LogP contribution < -0.4 is 5.32 Å². The van der Waals surface area contributed by atoms with E-state index in [0.717, 1.165) is 12.1 Å². The first kappa shape index (κ1) is 15.9. The van der Waals surface area contributed by atoms with Crippen LogP contribution in [0.4, 0.5) is 32.0 Å². The molecule has 0 radical (unpaired) electrons. The molecule has 1 fully saturated rings. The average Bonchev–Trinajstić information content (AvgIpc) is 3.08. The van der Waals surface area contributed by atoms with Crippen LogP contribution in [0.1, 0.15) is 12.8 Å². The highest BCUT2D eigenvalue weighted by Gasteiger charge is 2.63. The Labute approximate surface area is 115 Å². The number of alkyl halides is 6. The summed E-state index contributed by atoms with van der Waals surface area (Å²) in [5.74, 6) is 0. The summed E-state index contributed by atoms with van der Waals surface area (Å²) in [5, 5.41) is 2.19. The second kappa shape index (κ2) is 4.52. The maximum Gasteiger partial charge on any atom is 0.501 e. The lowest BCUT2D eigenvalue weighted by atomic mass is 10.2. The van der Waals surface area contributed by atoms with Gasteiger partial charge in [0.15, 0.2) is 0 Å². The minimum atomic E-state index is -5.50. The van der Waals surface area contributed by atoms with Gasteiger partial charge in [0.1, 0.15) is 5.54 Å². The molecule has 0 atom stereocenters. The summed E-state index contributed by atoms with van der Waals surface area (Å²) in [7, 11) is -5.50. The molecule has 3 nitrogen and oxygen atoms in total. The van der Waals surface area contributed by atoms with Gasteiger partial charge in [-0.2, -0.15) is 26.3 Å². The van der Waals surface area contributed by atoms with E-state index in [-0.39, 0.29) is 18.5 Å². The topological polar surface area (TPSA) is 46.2 Å². The van der Waals surface area contributed by atoms with Crippen molar-refractivity contribution in [3.8, 4) is 0 Å². The predicted octanol–water partition coefficient (Wildman–Crippen LogP) is 3.49. The van der Waals surface area contributed by atoms with Crippen LogP contribution in [-0.2, 0) is 9.84 Å². The molecule has 1 aliphatic rings. The SMILES string of the molecule is O=S(=O)(c1ccc(NC2(C(F)(F)F)CC2)cc1)C(F)(F)F. The molecule has 0 unspecified atom stereocenters. The fourth-order valence-corrected chi connectivity index (χ4v) is 2.49. The highest BCUT2D eigenvalue weighted by atomic mass is 32.2. The Hall–Kier alpha value is -1.45. The number of hydrogen-bond acceptors (Lipinski definition) is 3. The van der Waals surface area contributed by atoms with Crippen molar-refractivity contribution >= 4 is 15.5 Å². The third-order valence-corrected chi connectivity index (χ3v) is 4.65. The van der Waals surface area contributed by atoms with Crippen molar-refractivity contribution in [3.05, 3.63) is 24.3 Å². The van der Waals surface area contributed by atoms with E-state index in [1.807, 2.05) is 0 Å². The van der Waals surface area contributed by atoms with Crippen molar-refractivity contribution in [2.24, 2.45) is 0 Å². The molecule has 21 heavy (non-hydrogen) atoms. The van der Waals surface area contributed by atoms with E-state index in [4.69, 9.17) is 0 Å². The van der Waals surface area contributed by atoms with Crippen LogP contribution >= 0.6 is 0 Å². The third-order valence-electron chi connectivity index (χ3n) is 3.15. The lowest BCUT2D eigenvalue weighted by Gasteiger charge is -2.22. The number of nitrogens with one attached hydrogen (secondary N) is 1. The van der Waals surface area contributed by atoms with E-state index in [2.05, 4.69) is 5.32 Å². The van der Waals surface area contributed by atoms with Crippen molar-refractivity contribution in [1.82, 2.24) is 0 Å². The second-order valence-corrected chi connectivity index (χ2v) is 6.62. The maximum atomic E-state index is 12.7. The molecule has 0 saturated heterocycles. The summed E-state index contributed by atoms with van der Waals surface area (Å²) in [6, 6.07) is 3.00. The summed E-state index contributed by atoms with van der Waals surface area (Å²) >= 11 is 0. The van der Waals surface area contributed by atoms with E-state index in [1.54, 1.807) is 0 Å². The Morgan fingerprint density at radius 3 is 1.76 bits per heavy atom. The number of benzene rings is 1. The van der Waals surface area contributed by atoms with Crippen LogP contribution in [0.25, 0.3) is 0 Å². The molecule has 1 N–H and O–H groups in total. The maximum absolute atomic E-state index is 12.7. The highest BCUT2D eigenvalue weighted by molar-refractivity contribution is 7.92. The molecule has 1 aromatic carbocycles. The molecular weight excluding hydrogens is 324 g/mol. The zero-order valence-electron chi connectivity index (χ0n) is 10.2. The quantitative estimate of drug-likeness (QED) is 0.862. The fourth-order valence-electron chi connectivity index (χ4n) is 1.73. The van der Waals surface area contributed by atoms with Crippen molar-refractivity contribution in [3.63, 3.8) is 0 Å². The summed E-state index contributed by atoms with van der Waals surface area (Å²) in [6.45, 7) is 0. The van der Waals surface area contributed by atoms with Gasteiger partial charge in [-0.3, -0.25) is 0 Å². The van der Waals surface area contributed by atoms with E-state index >= 15 is 0 Å². The number of halogens is 6. The molecule has 1 saturated carbocycles. The molecule has 2 rings (SSSR count). The Kier molecular flexibility index (Phi) is 3.43. The van der Waals surface area contributed by atoms with Gasteiger partial charge in [-0.05, 0) is 37.1 Å². The van der Waals surface area contributed by atoms with Crippen molar-refractivity contribution in [2.75, 3.05) is 5.32 Å². The van der Waals surface area contributed by atoms with E-state index < -0.39 is 32.0 Å². The standard InChI is InChI=1S/C11H9F6NO2S/c12-10(13,14)9(5-6-9)18-7-1-3-8(4-2-7)21(19,20)11(15,16)17/h1-4,18H,5-6H2. The van der Waals surface area contributed by atoms with Gasteiger partial charge in [0.2, 0.25) is 0 Å². The van der Waals surface area contributed by atoms with Crippen LogP contribution in [0.3, 0.4) is 0 Å². The van der Waals surface area contributed by atoms with Crippen LogP contribution in [0.15, 0.2) is 29.2 Å².